The monoisotopic (exact) mass is 253 g/mol. The van der Waals surface area contributed by atoms with Crippen molar-refractivity contribution in [3.63, 3.8) is 0 Å². The molecule has 3 heteroatoms. The summed E-state index contributed by atoms with van der Waals surface area (Å²) in [5, 5.41) is 0. The van der Waals surface area contributed by atoms with Gasteiger partial charge in [0, 0.05) is 10.0 Å². The van der Waals surface area contributed by atoms with E-state index in [2.05, 4.69) is 22.5 Å². The Balaban J connectivity index is 3.29. The van der Waals surface area contributed by atoms with Gasteiger partial charge in [0.2, 0.25) is 5.91 Å². The van der Waals surface area contributed by atoms with Gasteiger partial charge in [-0.2, -0.15) is 0 Å². The summed E-state index contributed by atoms with van der Waals surface area (Å²) in [6.07, 6.45) is 0. The predicted octanol–water partition coefficient (Wildman–Crippen LogP) is 2.56. The van der Waals surface area contributed by atoms with E-state index in [-0.39, 0.29) is 0 Å². The number of hydrogen-bond donors (Lipinski definition) is 1. The summed E-state index contributed by atoms with van der Waals surface area (Å²) < 4.78 is 1.02. The van der Waals surface area contributed by atoms with Crippen molar-refractivity contribution in [2.45, 2.75) is 13.8 Å². The summed E-state index contributed by atoms with van der Waals surface area (Å²) >= 11 is 3.42. The molecule has 14 heavy (non-hydrogen) atoms. The van der Waals surface area contributed by atoms with E-state index >= 15 is 0 Å². The molecule has 0 unspecified atom stereocenters. The van der Waals surface area contributed by atoms with E-state index < -0.39 is 5.91 Å². The van der Waals surface area contributed by atoms with Gasteiger partial charge < -0.3 is 5.73 Å². The first-order valence-electron chi connectivity index (χ1n) is 4.19. The van der Waals surface area contributed by atoms with Crippen molar-refractivity contribution in [2.24, 2.45) is 5.73 Å². The molecule has 1 aromatic carbocycles. The Morgan fingerprint density at radius 3 is 2.43 bits per heavy atom. The first kappa shape index (κ1) is 11.0. The van der Waals surface area contributed by atoms with Crippen LogP contribution in [0.15, 0.2) is 23.2 Å². The summed E-state index contributed by atoms with van der Waals surface area (Å²) in [5.74, 6) is -0.477. The Hall–Kier alpha value is -1.09. The van der Waals surface area contributed by atoms with Crippen LogP contribution < -0.4 is 5.73 Å². The topological polar surface area (TPSA) is 43.1 Å². The van der Waals surface area contributed by atoms with E-state index in [9.17, 15) is 4.79 Å². The lowest BCUT2D eigenvalue weighted by Crippen LogP contribution is -2.12. The fraction of sp³-hybridized carbons (Fsp3) is 0.182. The molecule has 0 atom stereocenters. The zero-order chi connectivity index (χ0) is 10.9. The van der Waals surface area contributed by atoms with E-state index in [4.69, 9.17) is 5.73 Å². The molecular weight excluding hydrogens is 242 g/mol. The van der Waals surface area contributed by atoms with E-state index in [0.717, 1.165) is 21.2 Å². The van der Waals surface area contributed by atoms with Gasteiger partial charge in [0.15, 0.2) is 0 Å². The van der Waals surface area contributed by atoms with Crippen LogP contribution in [-0.4, -0.2) is 5.91 Å². The van der Waals surface area contributed by atoms with Gasteiger partial charge in [-0.05, 0) is 42.7 Å². The standard InChI is InChI=1S/C11H12BrNO/c1-6-5-10(12)7(2)4-9(6)8(3)11(13)14/h4-5H,3H2,1-2H3,(H2,13,14). The van der Waals surface area contributed by atoms with E-state index in [1.165, 1.54) is 0 Å². The molecule has 0 heterocycles. The van der Waals surface area contributed by atoms with Gasteiger partial charge in [-0.1, -0.05) is 22.5 Å². The van der Waals surface area contributed by atoms with Gasteiger partial charge in [-0.25, -0.2) is 0 Å². The third-order valence-corrected chi connectivity index (χ3v) is 2.98. The van der Waals surface area contributed by atoms with Crippen molar-refractivity contribution in [3.05, 3.63) is 39.9 Å². The molecule has 1 amide bonds. The number of aryl methyl sites for hydroxylation is 2. The highest BCUT2D eigenvalue weighted by Gasteiger charge is 2.09. The van der Waals surface area contributed by atoms with E-state index in [1.54, 1.807) is 0 Å². The number of amides is 1. The molecule has 0 radical (unpaired) electrons. The van der Waals surface area contributed by atoms with Crippen molar-refractivity contribution in [3.8, 4) is 0 Å². The fourth-order valence-electron chi connectivity index (χ4n) is 1.24. The third kappa shape index (κ3) is 2.04. The second-order valence-electron chi connectivity index (χ2n) is 3.26. The predicted molar refractivity (Wildman–Crippen MR) is 61.8 cm³/mol. The lowest BCUT2D eigenvalue weighted by Gasteiger charge is -2.08. The summed E-state index contributed by atoms with van der Waals surface area (Å²) in [6, 6.07) is 3.87. The molecule has 0 bridgehead atoms. The zero-order valence-corrected chi connectivity index (χ0v) is 9.81. The first-order chi connectivity index (χ1) is 6.43. The van der Waals surface area contributed by atoms with Crippen LogP contribution in [-0.2, 0) is 4.79 Å². The normalized spacial score (nSPS) is 9.93. The molecule has 74 valence electrons. The number of primary amides is 1. The minimum Gasteiger partial charge on any atom is -0.366 e. The highest BCUT2D eigenvalue weighted by Crippen LogP contribution is 2.24. The number of carbonyl (C=O) groups excluding carboxylic acids is 1. The van der Waals surface area contributed by atoms with Crippen molar-refractivity contribution in [1.29, 1.82) is 0 Å². The van der Waals surface area contributed by atoms with Crippen LogP contribution in [0.25, 0.3) is 5.57 Å². The fourth-order valence-corrected chi connectivity index (χ4v) is 1.70. The molecule has 0 aliphatic rings. The molecule has 0 fully saturated rings. The molecule has 1 rings (SSSR count). The average molecular weight is 254 g/mol. The Morgan fingerprint density at radius 2 is 1.93 bits per heavy atom. The highest BCUT2D eigenvalue weighted by molar-refractivity contribution is 9.10. The van der Waals surface area contributed by atoms with Crippen LogP contribution in [0.4, 0.5) is 0 Å². The highest BCUT2D eigenvalue weighted by atomic mass is 79.9. The summed E-state index contributed by atoms with van der Waals surface area (Å²) in [5.41, 5.74) is 8.41. The quantitative estimate of drug-likeness (QED) is 0.810. The molecule has 0 aliphatic heterocycles. The van der Waals surface area contributed by atoms with Gasteiger partial charge in [0.05, 0.1) is 0 Å². The van der Waals surface area contributed by atoms with Gasteiger partial charge >= 0.3 is 0 Å². The smallest absolute Gasteiger partial charge is 0.248 e. The Labute approximate surface area is 91.9 Å². The lowest BCUT2D eigenvalue weighted by molar-refractivity contribution is -0.112. The number of rotatable bonds is 2. The molecule has 0 spiro atoms. The number of hydrogen-bond acceptors (Lipinski definition) is 1. The van der Waals surface area contributed by atoms with Gasteiger partial charge in [0.25, 0.3) is 0 Å². The molecule has 1 aromatic rings. The summed E-state index contributed by atoms with van der Waals surface area (Å²) in [7, 11) is 0. The maximum atomic E-state index is 11.0. The molecule has 0 saturated carbocycles. The minimum absolute atomic E-state index is 0.359. The second kappa shape index (κ2) is 3.96. The van der Waals surface area contributed by atoms with Gasteiger partial charge in [-0.15, -0.1) is 0 Å². The van der Waals surface area contributed by atoms with Gasteiger partial charge in [0.1, 0.15) is 0 Å². The lowest BCUT2D eigenvalue weighted by atomic mass is 9.99. The molecule has 0 aromatic heterocycles. The van der Waals surface area contributed by atoms with E-state index in [1.807, 2.05) is 26.0 Å². The molecule has 0 saturated heterocycles. The molecule has 0 aliphatic carbocycles. The average Bonchev–Trinajstić information content (AvgIpc) is 2.10. The van der Waals surface area contributed by atoms with Crippen LogP contribution in [0.1, 0.15) is 16.7 Å². The van der Waals surface area contributed by atoms with Crippen molar-refractivity contribution in [2.75, 3.05) is 0 Å². The van der Waals surface area contributed by atoms with E-state index in [0.29, 0.717) is 5.57 Å². The number of carbonyl (C=O) groups is 1. The third-order valence-electron chi connectivity index (χ3n) is 2.13. The zero-order valence-electron chi connectivity index (χ0n) is 8.23. The Kier molecular flexibility index (Phi) is 3.11. The van der Waals surface area contributed by atoms with Crippen molar-refractivity contribution < 1.29 is 4.79 Å². The molecular formula is C11H12BrNO. The molecule has 2 nitrogen and oxygen atoms in total. The number of halogens is 1. The number of benzene rings is 1. The SMILES string of the molecule is C=C(C(N)=O)c1cc(C)c(Br)cc1C. The number of nitrogens with two attached hydrogens (primary N) is 1. The summed E-state index contributed by atoms with van der Waals surface area (Å²) in [6.45, 7) is 7.55. The largest absolute Gasteiger partial charge is 0.366 e. The Morgan fingerprint density at radius 1 is 1.36 bits per heavy atom. The maximum Gasteiger partial charge on any atom is 0.248 e. The van der Waals surface area contributed by atoms with Crippen LogP contribution in [0, 0.1) is 13.8 Å². The van der Waals surface area contributed by atoms with Gasteiger partial charge in [-0.3, -0.25) is 4.79 Å². The molecule has 2 N–H and O–H groups in total. The van der Waals surface area contributed by atoms with Crippen LogP contribution in [0.2, 0.25) is 0 Å². The maximum absolute atomic E-state index is 11.0. The van der Waals surface area contributed by atoms with Crippen LogP contribution in [0.3, 0.4) is 0 Å². The second-order valence-corrected chi connectivity index (χ2v) is 4.11. The van der Waals surface area contributed by atoms with Crippen LogP contribution >= 0.6 is 15.9 Å². The summed E-state index contributed by atoms with van der Waals surface area (Å²) in [4.78, 5) is 11.0. The van der Waals surface area contributed by atoms with Crippen molar-refractivity contribution in [1.82, 2.24) is 0 Å². The first-order valence-corrected chi connectivity index (χ1v) is 4.98. The van der Waals surface area contributed by atoms with Crippen LogP contribution in [0.5, 0.6) is 0 Å². The van der Waals surface area contributed by atoms with Crippen molar-refractivity contribution >= 4 is 27.4 Å². The Bertz CT molecular complexity index is 410. The minimum atomic E-state index is -0.477.